The first-order valence-electron chi connectivity index (χ1n) is 13.7. The van der Waals surface area contributed by atoms with Gasteiger partial charge in [0.05, 0.1) is 0 Å². The molecule has 4 aliphatic rings. The van der Waals surface area contributed by atoms with Crippen LogP contribution in [0.3, 0.4) is 0 Å². The smallest absolute Gasteiger partial charge is 0.0209 e. The second-order valence-corrected chi connectivity index (χ2v) is 10.8. The van der Waals surface area contributed by atoms with Crippen LogP contribution in [-0.2, 0) is 0 Å². The lowest BCUT2D eigenvalue weighted by Crippen LogP contribution is -2.41. The first kappa shape index (κ1) is 24.5. The molecule has 0 bridgehead atoms. The summed E-state index contributed by atoms with van der Waals surface area (Å²) in [6.07, 6.45) is 23.5. The monoisotopic (exact) mass is 423 g/mol. The maximum atomic E-state index is 7.66. The van der Waals surface area contributed by atoms with Crippen molar-refractivity contribution in [3.8, 4) is 0 Å². The van der Waals surface area contributed by atoms with E-state index in [2.05, 4.69) is 26.5 Å². The maximum absolute atomic E-state index is 7.66. The van der Waals surface area contributed by atoms with Gasteiger partial charge in [-0.15, -0.1) is 0 Å². The molecule has 4 aliphatic carbocycles. The summed E-state index contributed by atoms with van der Waals surface area (Å²) < 4.78 is 0. The molecule has 0 radical (unpaired) electrons. The molecule has 8 atom stereocenters. The van der Waals surface area contributed by atoms with Crippen LogP contribution in [0.4, 0.5) is 0 Å². The number of allylic oxidation sites excluding steroid dienone is 5. The van der Waals surface area contributed by atoms with Gasteiger partial charge in [-0.2, -0.15) is 0 Å². The Morgan fingerprint density at radius 3 is 2.52 bits per heavy atom. The molecule has 0 saturated heterocycles. The van der Waals surface area contributed by atoms with E-state index in [9.17, 15) is 0 Å². The van der Waals surface area contributed by atoms with Gasteiger partial charge in [-0.05, 0) is 117 Å². The van der Waals surface area contributed by atoms with Gasteiger partial charge in [0.2, 0.25) is 0 Å². The molecule has 0 heterocycles. The van der Waals surface area contributed by atoms with E-state index in [4.69, 9.17) is 5.41 Å². The van der Waals surface area contributed by atoms with Gasteiger partial charge in [0, 0.05) is 6.21 Å². The third-order valence-corrected chi connectivity index (χ3v) is 9.52. The first-order chi connectivity index (χ1) is 15.2. The summed E-state index contributed by atoms with van der Waals surface area (Å²) in [6, 6.07) is 0. The van der Waals surface area contributed by atoms with Crippen molar-refractivity contribution in [2.45, 2.75) is 98.3 Å². The molecular weight excluding hydrogens is 374 g/mol. The molecule has 174 valence electrons. The molecule has 0 aromatic heterocycles. The third-order valence-electron chi connectivity index (χ3n) is 9.52. The summed E-state index contributed by atoms with van der Waals surface area (Å²) in [5, 5.41) is 7.66. The average Bonchev–Trinajstić information content (AvgIpc) is 3.24. The van der Waals surface area contributed by atoms with Crippen LogP contribution in [0.2, 0.25) is 0 Å². The Bertz CT molecular complexity index is 655. The number of nitrogens with one attached hydrogen (secondary N) is 1. The molecule has 0 aliphatic heterocycles. The molecular formula is C30H49N. The topological polar surface area (TPSA) is 23.9 Å². The Morgan fingerprint density at radius 2 is 1.81 bits per heavy atom. The van der Waals surface area contributed by atoms with Crippen molar-refractivity contribution in [3.05, 3.63) is 36.0 Å². The predicted octanol–water partition coefficient (Wildman–Crippen LogP) is 9.02. The molecule has 0 amide bonds. The van der Waals surface area contributed by atoms with E-state index in [0.29, 0.717) is 0 Å². The van der Waals surface area contributed by atoms with Gasteiger partial charge < -0.3 is 5.41 Å². The quantitative estimate of drug-likeness (QED) is 0.240. The summed E-state index contributed by atoms with van der Waals surface area (Å²) in [4.78, 5) is 0. The van der Waals surface area contributed by atoms with E-state index in [-0.39, 0.29) is 0 Å². The van der Waals surface area contributed by atoms with Crippen molar-refractivity contribution in [2.75, 3.05) is 0 Å². The minimum atomic E-state index is 0.847. The Kier molecular flexibility index (Phi) is 9.23. The SMILES string of the molecule is C=C/C=C(\C=N)CCC(CC)C1CCC2C1CCC1C3CCC(C)CC3=CCC12.CC. The highest BCUT2D eigenvalue weighted by Gasteiger charge is 2.50. The number of hydrogen-bond donors (Lipinski definition) is 1. The number of fused-ring (bicyclic) bond motifs is 5. The van der Waals surface area contributed by atoms with Gasteiger partial charge in [-0.25, -0.2) is 0 Å². The summed E-state index contributed by atoms with van der Waals surface area (Å²) in [5.74, 6) is 7.68. The van der Waals surface area contributed by atoms with Crippen molar-refractivity contribution >= 4 is 6.21 Å². The molecule has 8 unspecified atom stereocenters. The van der Waals surface area contributed by atoms with E-state index in [1.165, 1.54) is 70.4 Å². The lowest BCUT2D eigenvalue weighted by atomic mass is 9.55. The van der Waals surface area contributed by atoms with Gasteiger partial charge in [0.15, 0.2) is 0 Å². The van der Waals surface area contributed by atoms with Crippen molar-refractivity contribution in [3.63, 3.8) is 0 Å². The standard InChI is InChI=1S/C28H43N.C2H6/c1-4-6-20(18-29)8-9-21(5-2)23-13-14-28-25(23)15-16-26-24-11-7-19(3)17-22(24)10-12-27(26)28;1-2/h4,6,10,18-19,21,23-29H,1,5,7-9,11-17H2,2-3H3;1-2H3/b20-6-,29-18?;. The van der Waals surface area contributed by atoms with Gasteiger partial charge in [-0.3, -0.25) is 0 Å². The Balaban J connectivity index is 0.00000132. The second kappa shape index (κ2) is 11.7. The van der Waals surface area contributed by atoms with E-state index in [1.54, 1.807) is 0 Å². The highest BCUT2D eigenvalue weighted by molar-refractivity contribution is 5.76. The molecule has 0 aromatic rings. The predicted molar refractivity (Wildman–Crippen MR) is 137 cm³/mol. The van der Waals surface area contributed by atoms with E-state index >= 15 is 0 Å². The van der Waals surface area contributed by atoms with Crippen molar-refractivity contribution in [1.29, 1.82) is 5.41 Å². The lowest BCUT2D eigenvalue weighted by Gasteiger charge is -2.50. The van der Waals surface area contributed by atoms with Crippen LogP contribution in [-0.4, -0.2) is 6.21 Å². The summed E-state index contributed by atoms with van der Waals surface area (Å²) in [7, 11) is 0. The summed E-state index contributed by atoms with van der Waals surface area (Å²) in [5.41, 5.74) is 3.01. The van der Waals surface area contributed by atoms with Crippen LogP contribution in [0, 0.1) is 52.8 Å². The Hall–Kier alpha value is -1.11. The van der Waals surface area contributed by atoms with Gasteiger partial charge in [-0.1, -0.05) is 64.5 Å². The van der Waals surface area contributed by atoms with E-state index in [1.807, 2.05) is 31.6 Å². The lowest BCUT2D eigenvalue weighted by molar-refractivity contribution is 0.0372. The van der Waals surface area contributed by atoms with Crippen molar-refractivity contribution in [2.24, 2.45) is 47.3 Å². The van der Waals surface area contributed by atoms with Gasteiger partial charge in [0.25, 0.3) is 0 Å². The van der Waals surface area contributed by atoms with Crippen LogP contribution in [0.5, 0.6) is 0 Å². The van der Waals surface area contributed by atoms with Crippen molar-refractivity contribution in [1.82, 2.24) is 0 Å². The van der Waals surface area contributed by atoms with Gasteiger partial charge in [0.1, 0.15) is 0 Å². The van der Waals surface area contributed by atoms with Crippen LogP contribution in [0.15, 0.2) is 36.0 Å². The molecule has 3 fully saturated rings. The summed E-state index contributed by atoms with van der Waals surface area (Å²) >= 11 is 0. The average molecular weight is 424 g/mol. The van der Waals surface area contributed by atoms with E-state index < -0.39 is 0 Å². The largest absolute Gasteiger partial charge is 0.308 e. The molecule has 3 saturated carbocycles. The highest BCUT2D eigenvalue weighted by atomic mass is 14.6. The highest BCUT2D eigenvalue weighted by Crippen LogP contribution is 2.59. The molecule has 31 heavy (non-hydrogen) atoms. The molecule has 0 spiro atoms. The minimum absolute atomic E-state index is 0.847. The zero-order valence-electron chi connectivity index (χ0n) is 20.9. The summed E-state index contributed by atoms with van der Waals surface area (Å²) in [6.45, 7) is 12.7. The minimum Gasteiger partial charge on any atom is -0.308 e. The van der Waals surface area contributed by atoms with Crippen LogP contribution < -0.4 is 0 Å². The fourth-order valence-corrected chi connectivity index (χ4v) is 8.19. The number of rotatable bonds is 7. The molecule has 1 nitrogen and oxygen atoms in total. The molecule has 4 rings (SSSR count). The fraction of sp³-hybridized carbons (Fsp3) is 0.767. The second-order valence-electron chi connectivity index (χ2n) is 10.8. The first-order valence-corrected chi connectivity index (χ1v) is 13.7. The normalized spacial score (nSPS) is 37.9. The fourth-order valence-electron chi connectivity index (χ4n) is 8.19. The molecule has 1 N–H and O–H groups in total. The Morgan fingerprint density at radius 1 is 1.06 bits per heavy atom. The third kappa shape index (κ3) is 5.28. The van der Waals surface area contributed by atoms with Crippen LogP contribution in [0.25, 0.3) is 0 Å². The zero-order chi connectivity index (χ0) is 22.4. The Labute approximate surface area is 193 Å². The molecule has 1 heteroatoms. The van der Waals surface area contributed by atoms with Gasteiger partial charge >= 0.3 is 0 Å². The maximum Gasteiger partial charge on any atom is 0.0209 e. The number of hydrogen-bond acceptors (Lipinski definition) is 1. The molecule has 0 aromatic carbocycles. The van der Waals surface area contributed by atoms with Crippen molar-refractivity contribution < 1.29 is 0 Å². The van der Waals surface area contributed by atoms with E-state index in [0.717, 1.165) is 59.3 Å². The van der Waals surface area contributed by atoms with Crippen LogP contribution in [0.1, 0.15) is 98.3 Å². The van der Waals surface area contributed by atoms with Crippen LogP contribution >= 0.6 is 0 Å². The zero-order valence-corrected chi connectivity index (χ0v) is 20.9.